The molecule has 19 heavy (non-hydrogen) atoms. The number of esters is 1. The van der Waals surface area contributed by atoms with Gasteiger partial charge in [-0.05, 0) is 25.5 Å². The molecular weight excluding hydrogens is 262 g/mol. The average molecular weight is 279 g/mol. The first kappa shape index (κ1) is 13.7. The summed E-state index contributed by atoms with van der Waals surface area (Å²) in [5, 5.41) is 0. The standard InChI is InChI=1S/C13H17N3O2S/c1-8-5-10(12(14)19)6-11(15-8)16-4-3-9(7-16)13(17)18-2/h5-6,9H,3-4,7H2,1-2H3,(H2,14,19). The first-order chi connectivity index (χ1) is 9.01. The van der Waals surface area contributed by atoms with Crippen LogP contribution in [-0.2, 0) is 9.53 Å². The van der Waals surface area contributed by atoms with Crippen LogP contribution in [0.1, 0.15) is 17.7 Å². The maximum absolute atomic E-state index is 11.5. The number of ether oxygens (including phenoxy) is 1. The highest BCUT2D eigenvalue weighted by atomic mass is 32.1. The maximum atomic E-state index is 11.5. The van der Waals surface area contributed by atoms with E-state index in [0.717, 1.165) is 30.0 Å². The van der Waals surface area contributed by atoms with E-state index in [2.05, 4.69) is 9.88 Å². The molecule has 1 aliphatic rings. The third-order valence-corrected chi connectivity index (χ3v) is 3.51. The predicted octanol–water partition coefficient (Wildman–Crippen LogP) is 1.02. The van der Waals surface area contributed by atoms with Crippen LogP contribution in [0.5, 0.6) is 0 Å². The van der Waals surface area contributed by atoms with E-state index in [1.54, 1.807) is 0 Å². The first-order valence-electron chi connectivity index (χ1n) is 6.12. The molecule has 2 heterocycles. The van der Waals surface area contributed by atoms with Crippen molar-refractivity contribution in [3.05, 3.63) is 23.4 Å². The van der Waals surface area contributed by atoms with E-state index in [4.69, 9.17) is 22.7 Å². The highest BCUT2D eigenvalue weighted by Gasteiger charge is 2.29. The van der Waals surface area contributed by atoms with Crippen molar-refractivity contribution in [3.8, 4) is 0 Å². The van der Waals surface area contributed by atoms with Crippen LogP contribution in [0.2, 0.25) is 0 Å². The van der Waals surface area contributed by atoms with Gasteiger partial charge in [0.05, 0.1) is 13.0 Å². The van der Waals surface area contributed by atoms with Gasteiger partial charge in [0.25, 0.3) is 0 Å². The number of hydrogen-bond donors (Lipinski definition) is 1. The minimum Gasteiger partial charge on any atom is -0.469 e. The molecule has 1 atom stereocenters. The lowest BCUT2D eigenvalue weighted by Gasteiger charge is -2.18. The fourth-order valence-corrected chi connectivity index (χ4v) is 2.40. The number of rotatable bonds is 3. The van der Waals surface area contributed by atoms with Crippen LogP contribution >= 0.6 is 12.2 Å². The normalized spacial score (nSPS) is 18.4. The summed E-state index contributed by atoms with van der Waals surface area (Å²) < 4.78 is 4.78. The van der Waals surface area contributed by atoms with Crippen molar-refractivity contribution in [2.24, 2.45) is 11.7 Å². The number of aromatic nitrogens is 1. The second kappa shape index (κ2) is 5.52. The van der Waals surface area contributed by atoms with Crippen LogP contribution in [0.3, 0.4) is 0 Å². The summed E-state index contributed by atoms with van der Waals surface area (Å²) >= 11 is 5.00. The molecule has 102 valence electrons. The summed E-state index contributed by atoms with van der Waals surface area (Å²) in [6, 6.07) is 3.73. The van der Waals surface area contributed by atoms with Gasteiger partial charge in [-0.25, -0.2) is 4.98 Å². The Labute approximate surface area is 117 Å². The van der Waals surface area contributed by atoms with Crippen LogP contribution in [0.15, 0.2) is 12.1 Å². The van der Waals surface area contributed by atoms with Crippen LogP contribution in [0.25, 0.3) is 0 Å². The Morgan fingerprint density at radius 1 is 1.58 bits per heavy atom. The Hall–Kier alpha value is -1.69. The first-order valence-corrected chi connectivity index (χ1v) is 6.53. The number of pyridine rings is 1. The lowest BCUT2D eigenvalue weighted by atomic mass is 10.1. The van der Waals surface area contributed by atoms with E-state index in [1.165, 1.54) is 7.11 Å². The van der Waals surface area contributed by atoms with Crippen molar-refractivity contribution in [1.82, 2.24) is 4.98 Å². The van der Waals surface area contributed by atoms with Crippen molar-refractivity contribution >= 4 is 29.0 Å². The number of carbonyl (C=O) groups excluding carboxylic acids is 1. The molecule has 1 unspecified atom stereocenters. The molecule has 1 saturated heterocycles. The van der Waals surface area contributed by atoms with Gasteiger partial charge in [0, 0.05) is 24.3 Å². The number of anilines is 1. The second-order valence-corrected chi connectivity index (χ2v) is 5.11. The summed E-state index contributed by atoms with van der Waals surface area (Å²) in [7, 11) is 1.42. The molecule has 1 aromatic rings. The number of nitrogens with two attached hydrogens (primary N) is 1. The van der Waals surface area contributed by atoms with Crippen molar-refractivity contribution in [2.75, 3.05) is 25.1 Å². The Morgan fingerprint density at radius 3 is 2.95 bits per heavy atom. The van der Waals surface area contributed by atoms with E-state index < -0.39 is 0 Å². The largest absolute Gasteiger partial charge is 0.469 e. The molecule has 0 aromatic carbocycles. The third-order valence-electron chi connectivity index (χ3n) is 3.27. The minimum absolute atomic E-state index is 0.0828. The minimum atomic E-state index is -0.162. The fourth-order valence-electron chi connectivity index (χ4n) is 2.28. The van der Waals surface area contributed by atoms with Gasteiger partial charge in [0.2, 0.25) is 0 Å². The number of aryl methyl sites for hydroxylation is 1. The van der Waals surface area contributed by atoms with Crippen molar-refractivity contribution in [1.29, 1.82) is 0 Å². The van der Waals surface area contributed by atoms with Crippen molar-refractivity contribution in [3.63, 3.8) is 0 Å². The molecule has 0 radical (unpaired) electrons. The molecular formula is C13H17N3O2S. The SMILES string of the molecule is COC(=O)C1CCN(c2cc(C(N)=S)cc(C)n2)C1. The Balaban J connectivity index is 2.19. The molecule has 1 fully saturated rings. The topological polar surface area (TPSA) is 68.5 Å². The Kier molecular flexibility index (Phi) is 3.99. The Morgan fingerprint density at radius 2 is 2.32 bits per heavy atom. The molecule has 1 aliphatic heterocycles. The third kappa shape index (κ3) is 3.01. The molecule has 0 aliphatic carbocycles. The summed E-state index contributed by atoms with van der Waals surface area (Å²) in [6.45, 7) is 3.31. The number of methoxy groups -OCH3 is 1. The van der Waals surface area contributed by atoms with Gasteiger partial charge in [-0.3, -0.25) is 4.79 Å². The monoisotopic (exact) mass is 279 g/mol. The van der Waals surface area contributed by atoms with Crippen LogP contribution in [0, 0.1) is 12.8 Å². The summed E-state index contributed by atoms with van der Waals surface area (Å²) in [5.41, 5.74) is 7.33. The van der Waals surface area contributed by atoms with Gasteiger partial charge < -0.3 is 15.4 Å². The zero-order chi connectivity index (χ0) is 14.0. The number of carbonyl (C=O) groups is 1. The summed E-state index contributed by atoms with van der Waals surface area (Å²) in [5.74, 6) is 0.569. The fraction of sp³-hybridized carbons (Fsp3) is 0.462. The smallest absolute Gasteiger partial charge is 0.310 e. The molecule has 2 N–H and O–H groups in total. The van der Waals surface area contributed by atoms with Gasteiger partial charge in [-0.15, -0.1) is 0 Å². The van der Waals surface area contributed by atoms with Gasteiger partial charge in [-0.2, -0.15) is 0 Å². The van der Waals surface area contributed by atoms with Crippen LogP contribution < -0.4 is 10.6 Å². The van der Waals surface area contributed by atoms with Gasteiger partial charge in [0.1, 0.15) is 10.8 Å². The van der Waals surface area contributed by atoms with E-state index >= 15 is 0 Å². The van der Waals surface area contributed by atoms with E-state index in [0.29, 0.717) is 11.5 Å². The zero-order valence-corrected chi connectivity index (χ0v) is 11.9. The van der Waals surface area contributed by atoms with Crippen molar-refractivity contribution < 1.29 is 9.53 Å². The summed E-state index contributed by atoms with van der Waals surface area (Å²) in [6.07, 6.45) is 0.782. The van der Waals surface area contributed by atoms with E-state index in [-0.39, 0.29) is 11.9 Å². The van der Waals surface area contributed by atoms with Crippen LogP contribution in [0.4, 0.5) is 5.82 Å². The quantitative estimate of drug-likeness (QED) is 0.658. The van der Waals surface area contributed by atoms with E-state index in [9.17, 15) is 4.79 Å². The predicted molar refractivity (Wildman–Crippen MR) is 77.2 cm³/mol. The molecule has 5 nitrogen and oxygen atoms in total. The molecule has 2 rings (SSSR count). The van der Waals surface area contributed by atoms with Gasteiger partial charge in [-0.1, -0.05) is 12.2 Å². The lowest BCUT2D eigenvalue weighted by molar-refractivity contribution is -0.144. The van der Waals surface area contributed by atoms with Gasteiger partial charge >= 0.3 is 5.97 Å². The highest BCUT2D eigenvalue weighted by Crippen LogP contribution is 2.24. The van der Waals surface area contributed by atoms with Crippen LogP contribution in [-0.4, -0.2) is 36.1 Å². The highest BCUT2D eigenvalue weighted by molar-refractivity contribution is 7.80. The zero-order valence-electron chi connectivity index (χ0n) is 11.0. The number of hydrogen-bond acceptors (Lipinski definition) is 5. The summed E-state index contributed by atoms with van der Waals surface area (Å²) in [4.78, 5) is 18.4. The Bertz CT molecular complexity index is 519. The maximum Gasteiger partial charge on any atom is 0.310 e. The average Bonchev–Trinajstić information content (AvgIpc) is 2.86. The number of thiocarbonyl (C=S) groups is 1. The van der Waals surface area contributed by atoms with E-state index in [1.807, 2.05) is 19.1 Å². The molecule has 0 saturated carbocycles. The van der Waals surface area contributed by atoms with Gasteiger partial charge in [0.15, 0.2) is 0 Å². The second-order valence-electron chi connectivity index (χ2n) is 4.67. The molecule has 6 heteroatoms. The molecule has 1 aromatic heterocycles. The van der Waals surface area contributed by atoms with Crippen molar-refractivity contribution in [2.45, 2.75) is 13.3 Å². The molecule has 0 bridgehead atoms. The number of nitrogens with zero attached hydrogens (tertiary/aromatic N) is 2. The molecule has 0 amide bonds. The molecule has 0 spiro atoms. The lowest BCUT2D eigenvalue weighted by Crippen LogP contribution is -2.25.